The molecule has 0 radical (unpaired) electrons. The van der Waals surface area contributed by atoms with Crippen LogP contribution in [0.15, 0.2) is 34.1 Å². The van der Waals surface area contributed by atoms with Gasteiger partial charge in [-0.1, -0.05) is 24.3 Å². The van der Waals surface area contributed by atoms with E-state index in [4.69, 9.17) is 0 Å². The molecule has 2 aromatic rings. The Morgan fingerprint density at radius 2 is 1.88 bits per heavy atom. The van der Waals surface area contributed by atoms with Crippen molar-refractivity contribution in [1.82, 2.24) is 9.80 Å². The molecule has 126 valence electrons. The van der Waals surface area contributed by atoms with Crippen LogP contribution in [-0.4, -0.2) is 34.8 Å². The van der Waals surface area contributed by atoms with Gasteiger partial charge < -0.3 is 4.90 Å². The first kappa shape index (κ1) is 16.3. The van der Waals surface area contributed by atoms with Crippen molar-refractivity contribution < 1.29 is 4.79 Å². The molecule has 3 nitrogen and oxygen atoms in total. The molecule has 4 rings (SSSR count). The second kappa shape index (κ2) is 6.62. The van der Waals surface area contributed by atoms with E-state index < -0.39 is 0 Å². The number of amides is 1. The summed E-state index contributed by atoms with van der Waals surface area (Å²) >= 11 is 5.32. The van der Waals surface area contributed by atoms with Gasteiger partial charge in [-0.25, -0.2) is 0 Å². The fraction of sp³-hybridized carbons (Fsp3) is 0.421. The smallest absolute Gasteiger partial charge is 0.239 e. The fourth-order valence-corrected chi connectivity index (χ4v) is 5.55. The molecule has 5 heteroatoms. The van der Waals surface area contributed by atoms with Crippen LogP contribution in [0.25, 0.3) is 0 Å². The van der Waals surface area contributed by atoms with Crippen LogP contribution in [0, 0.1) is 0 Å². The molecular formula is C19H21BrN2OS. The summed E-state index contributed by atoms with van der Waals surface area (Å²) in [5.41, 5.74) is 4.20. The summed E-state index contributed by atoms with van der Waals surface area (Å²) in [7, 11) is 0. The van der Waals surface area contributed by atoms with Gasteiger partial charge >= 0.3 is 0 Å². The molecule has 0 aliphatic carbocycles. The molecule has 0 saturated heterocycles. The molecular weight excluding hydrogens is 384 g/mol. The van der Waals surface area contributed by atoms with Gasteiger partial charge in [0.15, 0.2) is 0 Å². The molecule has 2 aliphatic rings. The van der Waals surface area contributed by atoms with E-state index in [2.05, 4.69) is 58.1 Å². The average molecular weight is 405 g/mol. The Kier molecular flexibility index (Phi) is 4.50. The van der Waals surface area contributed by atoms with Crippen molar-refractivity contribution in [2.45, 2.75) is 38.9 Å². The van der Waals surface area contributed by atoms with E-state index in [0.717, 1.165) is 39.0 Å². The minimum Gasteiger partial charge on any atom is -0.336 e. The number of nitrogens with zero attached hydrogens (tertiary/aromatic N) is 2. The quantitative estimate of drug-likeness (QED) is 0.758. The number of hydrogen-bond donors (Lipinski definition) is 0. The zero-order valence-corrected chi connectivity index (χ0v) is 16.2. The molecule has 3 heterocycles. The number of halogens is 1. The monoisotopic (exact) mass is 404 g/mol. The van der Waals surface area contributed by atoms with Crippen LogP contribution in [-0.2, 0) is 30.7 Å². The summed E-state index contributed by atoms with van der Waals surface area (Å²) in [6.07, 6.45) is 2.01. The standard InChI is InChI=1S/C19H21BrN2OS/c1-13(21-8-6-14-4-2-3-5-16(14)11-21)19(23)22-9-7-15-10-18(20)24-17(15)12-22/h2-5,10,13H,6-9,11-12H2,1H3/t13-/m0/s1. The summed E-state index contributed by atoms with van der Waals surface area (Å²) in [4.78, 5) is 18.7. The highest BCUT2D eigenvalue weighted by atomic mass is 79.9. The van der Waals surface area contributed by atoms with Crippen molar-refractivity contribution in [2.75, 3.05) is 13.1 Å². The van der Waals surface area contributed by atoms with Crippen LogP contribution >= 0.6 is 27.3 Å². The number of carbonyl (C=O) groups is 1. The molecule has 0 bridgehead atoms. The predicted octanol–water partition coefficient (Wildman–Crippen LogP) is 3.84. The Morgan fingerprint density at radius 1 is 1.12 bits per heavy atom. The van der Waals surface area contributed by atoms with Crippen molar-refractivity contribution in [2.24, 2.45) is 0 Å². The first-order chi connectivity index (χ1) is 11.6. The van der Waals surface area contributed by atoms with Gasteiger partial charge in [0.2, 0.25) is 5.91 Å². The molecule has 1 amide bonds. The maximum absolute atomic E-state index is 13.0. The van der Waals surface area contributed by atoms with Gasteiger partial charge in [-0.05, 0) is 58.5 Å². The third-order valence-electron chi connectivity index (χ3n) is 5.23. The lowest BCUT2D eigenvalue weighted by molar-refractivity contribution is -0.137. The van der Waals surface area contributed by atoms with Gasteiger partial charge in [0.05, 0.1) is 16.4 Å². The minimum atomic E-state index is -0.0525. The Labute approximate surface area is 155 Å². The Morgan fingerprint density at radius 3 is 2.71 bits per heavy atom. The first-order valence-electron chi connectivity index (χ1n) is 8.48. The summed E-state index contributed by atoms with van der Waals surface area (Å²) in [5.74, 6) is 0.268. The second-order valence-electron chi connectivity index (χ2n) is 6.67. The molecule has 0 fully saturated rings. The van der Waals surface area contributed by atoms with Crippen LogP contribution in [0.4, 0.5) is 0 Å². The lowest BCUT2D eigenvalue weighted by Gasteiger charge is -2.36. The minimum absolute atomic E-state index is 0.0525. The van der Waals surface area contributed by atoms with Gasteiger partial charge in [-0.2, -0.15) is 0 Å². The summed E-state index contributed by atoms with van der Waals surface area (Å²) in [5, 5.41) is 0. The number of hydrogen-bond acceptors (Lipinski definition) is 3. The van der Waals surface area contributed by atoms with E-state index in [1.165, 1.54) is 25.4 Å². The van der Waals surface area contributed by atoms with Crippen LogP contribution in [0.2, 0.25) is 0 Å². The van der Waals surface area contributed by atoms with E-state index >= 15 is 0 Å². The van der Waals surface area contributed by atoms with Gasteiger partial charge in [0.25, 0.3) is 0 Å². The third-order valence-corrected chi connectivity index (χ3v) is 6.89. The van der Waals surface area contributed by atoms with E-state index in [-0.39, 0.29) is 11.9 Å². The first-order valence-corrected chi connectivity index (χ1v) is 10.1. The Hall–Kier alpha value is -1.17. The van der Waals surface area contributed by atoms with Crippen molar-refractivity contribution in [3.8, 4) is 0 Å². The van der Waals surface area contributed by atoms with Gasteiger partial charge in [0.1, 0.15) is 0 Å². The van der Waals surface area contributed by atoms with Crippen LogP contribution in [0.1, 0.15) is 28.5 Å². The average Bonchev–Trinajstić information content (AvgIpc) is 2.99. The zero-order chi connectivity index (χ0) is 16.7. The molecule has 0 saturated carbocycles. The largest absolute Gasteiger partial charge is 0.336 e. The Bertz CT molecular complexity index is 772. The highest BCUT2D eigenvalue weighted by Crippen LogP contribution is 2.32. The van der Waals surface area contributed by atoms with Crippen LogP contribution in [0.5, 0.6) is 0 Å². The zero-order valence-electron chi connectivity index (χ0n) is 13.8. The van der Waals surface area contributed by atoms with Crippen molar-refractivity contribution in [3.63, 3.8) is 0 Å². The van der Waals surface area contributed by atoms with Gasteiger partial charge in [-0.15, -0.1) is 11.3 Å². The van der Waals surface area contributed by atoms with Crippen molar-refractivity contribution in [1.29, 1.82) is 0 Å². The lowest BCUT2D eigenvalue weighted by atomic mass is 9.98. The van der Waals surface area contributed by atoms with Crippen molar-refractivity contribution in [3.05, 3.63) is 55.7 Å². The highest BCUT2D eigenvalue weighted by Gasteiger charge is 2.30. The normalized spacial score (nSPS) is 18.8. The van der Waals surface area contributed by atoms with Crippen LogP contribution in [0.3, 0.4) is 0 Å². The summed E-state index contributed by atoms with van der Waals surface area (Å²) in [6, 6.07) is 10.7. The van der Waals surface area contributed by atoms with Gasteiger partial charge in [-0.3, -0.25) is 9.69 Å². The SMILES string of the molecule is C[C@@H](C(=O)N1CCc2cc(Br)sc2C1)N1CCc2ccccc2C1. The number of benzene rings is 1. The lowest BCUT2D eigenvalue weighted by Crippen LogP contribution is -2.49. The maximum atomic E-state index is 13.0. The van der Waals surface area contributed by atoms with E-state index in [9.17, 15) is 4.79 Å². The molecule has 1 aromatic carbocycles. The Balaban J connectivity index is 1.45. The number of fused-ring (bicyclic) bond motifs is 2. The molecule has 24 heavy (non-hydrogen) atoms. The molecule has 0 spiro atoms. The topological polar surface area (TPSA) is 23.6 Å². The predicted molar refractivity (Wildman–Crippen MR) is 101 cm³/mol. The summed E-state index contributed by atoms with van der Waals surface area (Å²) in [6.45, 7) is 5.51. The molecule has 1 atom stereocenters. The van der Waals surface area contributed by atoms with Gasteiger partial charge in [0, 0.05) is 24.5 Å². The second-order valence-corrected chi connectivity index (χ2v) is 9.19. The summed E-state index contributed by atoms with van der Waals surface area (Å²) < 4.78 is 1.17. The number of rotatable bonds is 2. The molecule has 0 unspecified atom stereocenters. The highest BCUT2D eigenvalue weighted by molar-refractivity contribution is 9.11. The molecule has 0 N–H and O–H groups in total. The number of carbonyl (C=O) groups excluding carboxylic acids is 1. The van der Waals surface area contributed by atoms with Crippen molar-refractivity contribution >= 4 is 33.2 Å². The van der Waals surface area contributed by atoms with E-state index in [0.29, 0.717) is 0 Å². The van der Waals surface area contributed by atoms with Crippen LogP contribution < -0.4 is 0 Å². The molecule has 2 aliphatic heterocycles. The number of thiophene rings is 1. The maximum Gasteiger partial charge on any atom is 0.239 e. The fourth-order valence-electron chi connectivity index (χ4n) is 3.74. The van der Waals surface area contributed by atoms with E-state index in [1.54, 1.807) is 11.3 Å². The van der Waals surface area contributed by atoms with E-state index in [1.807, 2.05) is 4.90 Å². The molecule has 1 aromatic heterocycles. The third kappa shape index (κ3) is 3.05.